The number of sulfonamides is 1. The minimum absolute atomic E-state index is 0.0367. The fraction of sp³-hybridized carbons (Fsp3) is 0.353. The Bertz CT molecular complexity index is 799. The Balaban J connectivity index is 1.71. The summed E-state index contributed by atoms with van der Waals surface area (Å²) in [6.45, 7) is 3.74. The molecule has 0 spiro atoms. The van der Waals surface area contributed by atoms with Gasteiger partial charge in [-0.1, -0.05) is 23.8 Å². The zero-order chi connectivity index (χ0) is 17.2. The van der Waals surface area contributed by atoms with Crippen LogP contribution in [0.4, 0.5) is 0 Å². The minimum Gasteiger partial charge on any atom is -0.337 e. The molecule has 1 saturated heterocycles. The van der Waals surface area contributed by atoms with E-state index in [1.165, 1.54) is 15.6 Å². The van der Waals surface area contributed by atoms with E-state index in [2.05, 4.69) is 0 Å². The van der Waals surface area contributed by atoms with Crippen LogP contribution in [0.15, 0.2) is 46.0 Å². The Hall–Kier alpha value is -1.70. The first-order chi connectivity index (χ1) is 11.5. The minimum atomic E-state index is -3.45. The molecule has 0 unspecified atom stereocenters. The molecule has 0 radical (unpaired) electrons. The molecule has 2 heterocycles. The molecule has 1 fully saturated rings. The van der Waals surface area contributed by atoms with Crippen molar-refractivity contribution < 1.29 is 13.2 Å². The van der Waals surface area contributed by atoms with E-state index in [9.17, 15) is 13.2 Å². The second-order valence-corrected chi connectivity index (χ2v) is 8.96. The third kappa shape index (κ3) is 3.53. The lowest BCUT2D eigenvalue weighted by atomic mass is 10.1. The van der Waals surface area contributed by atoms with Crippen molar-refractivity contribution >= 4 is 27.3 Å². The number of thiophene rings is 1. The van der Waals surface area contributed by atoms with E-state index in [1.807, 2.05) is 31.2 Å². The van der Waals surface area contributed by atoms with Crippen LogP contribution < -0.4 is 0 Å². The van der Waals surface area contributed by atoms with Gasteiger partial charge in [-0.3, -0.25) is 4.79 Å². The molecule has 1 aliphatic heterocycles. The van der Waals surface area contributed by atoms with Gasteiger partial charge in [0.1, 0.15) is 4.21 Å². The molecule has 0 saturated carbocycles. The van der Waals surface area contributed by atoms with E-state index >= 15 is 0 Å². The molecule has 5 nitrogen and oxygen atoms in total. The van der Waals surface area contributed by atoms with Crippen LogP contribution in [0.1, 0.15) is 22.3 Å². The van der Waals surface area contributed by atoms with E-state index in [-0.39, 0.29) is 5.91 Å². The van der Waals surface area contributed by atoms with Crippen LogP contribution >= 0.6 is 11.3 Å². The van der Waals surface area contributed by atoms with Crippen molar-refractivity contribution in [2.45, 2.75) is 17.6 Å². The van der Waals surface area contributed by atoms with E-state index in [0.717, 1.165) is 5.56 Å². The summed E-state index contributed by atoms with van der Waals surface area (Å²) in [5.41, 5.74) is 1.76. The van der Waals surface area contributed by atoms with Gasteiger partial charge in [-0.2, -0.15) is 4.31 Å². The van der Waals surface area contributed by atoms with Gasteiger partial charge in [0.15, 0.2) is 0 Å². The highest BCUT2D eigenvalue weighted by Gasteiger charge is 2.29. The van der Waals surface area contributed by atoms with Crippen molar-refractivity contribution in [3.05, 3.63) is 52.9 Å². The topological polar surface area (TPSA) is 57.7 Å². The predicted octanol–water partition coefficient (Wildman–Crippen LogP) is 2.59. The van der Waals surface area contributed by atoms with Gasteiger partial charge in [0.25, 0.3) is 15.9 Å². The highest BCUT2D eigenvalue weighted by molar-refractivity contribution is 7.91. The van der Waals surface area contributed by atoms with Crippen LogP contribution in [0.5, 0.6) is 0 Å². The smallest absolute Gasteiger partial charge is 0.253 e. The number of rotatable bonds is 3. The van der Waals surface area contributed by atoms with Crippen LogP contribution in [-0.4, -0.2) is 49.7 Å². The fourth-order valence-electron chi connectivity index (χ4n) is 2.75. The summed E-state index contributed by atoms with van der Waals surface area (Å²) in [6, 6.07) is 10.8. The van der Waals surface area contributed by atoms with Gasteiger partial charge < -0.3 is 4.90 Å². The maximum absolute atomic E-state index is 12.6. The second kappa shape index (κ2) is 7.04. The van der Waals surface area contributed by atoms with Gasteiger partial charge >= 0.3 is 0 Å². The number of hydrogen-bond donors (Lipinski definition) is 0. The van der Waals surface area contributed by atoms with Gasteiger partial charge in [-0.15, -0.1) is 11.3 Å². The van der Waals surface area contributed by atoms with E-state index < -0.39 is 10.0 Å². The zero-order valence-corrected chi connectivity index (χ0v) is 15.1. The standard InChI is InChI=1S/C17H20N2O3S2/c1-14-5-7-15(8-6-14)17(20)18-9-3-10-19(12-11-18)24(21,22)16-4-2-13-23-16/h2,4-8,13H,3,9-12H2,1H3. The molecule has 2 aromatic rings. The lowest BCUT2D eigenvalue weighted by Crippen LogP contribution is -2.37. The molecule has 128 valence electrons. The Morgan fingerprint density at radius 1 is 1.04 bits per heavy atom. The van der Waals surface area contributed by atoms with Crippen LogP contribution in [0.3, 0.4) is 0 Å². The van der Waals surface area contributed by atoms with Crippen molar-refractivity contribution in [2.75, 3.05) is 26.2 Å². The maximum Gasteiger partial charge on any atom is 0.253 e. The molecule has 0 bridgehead atoms. The third-order valence-electron chi connectivity index (χ3n) is 4.13. The number of hydrogen-bond acceptors (Lipinski definition) is 4. The second-order valence-electron chi connectivity index (χ2n) is 5.85. The summed E-state index contributed by atoms with van der Waals surface area (Å²) in [4.78, 5) is 14.4. The SMILES string of the molecule is Cc1ccc(C(=O)N2CCCN(S(=O)(=O)c3cccs3)CC2)cc1. The molecule has 7 heteroatoms. The van der Waals surface area contributed by atoms with Crippen molar-refractivity contribution in [1.82, 2.24) is 9.21 Å². The Labute approximate surface area is 146 Å². The Kier molecular flexibility index (Phi) is 5.03. The van der Waals surface area contributed by atoms with Gasteiger partial charge in [0.05, 0.1) is 0 Å². The summed E-state index contributed by atoms with van der Waals surface area (Å²) in [6.07, 6.45) is 0.641. The quantitative estimate of drug-likeness (QED) is 0.841. The molecule has 3 rings (SSSR count). The van der Waals surface area contributed by atoms with Crippen LogP contribution in [-0.2, 0) is 10.0 Å². The van der Waals surface area contributed by atoms with Gasteiger partial charge in [0, 0.05) is 31.7 Å². The monoisotopic (exact) mass is 364 g/mol. The van der Waals surface area contributed by atoms with Crippen molar-refractivity contribution in [2.24, 2.45) is 0 Å². The molecule has 0 aliphatic carbocycles. The predicted molar refractivity (Wildman–Crippen MR) is 94.8 cm³/mol. The lowest BCUT2D eigenvalue weighted by Gasteiger charge is -2.21. The van der Waals surface area contributed by atoms with Crippen LogP contribution in [0.25, 0.3) is 0 Å². The van der Waals surface area contributed by atoms with Gasteiger partial charge in [-0.25, -0.2) is 8.42 Å². The average molecular weight is 364 g/mol. The van der Waals surface area contributed by atoms with E-state index in [0.29, 0.717) is 42.4 Å². The largest absolute Gasteiger partial charge is 0.337 e. The molecule has 0 atom stereocenters. The van der Waals surface area contributed by atoms with E-state index in [1.54, 1.807) is 22.4 Å². The fourth-order valence-corrected chi connectivity index (χ4v) is 5.37. The molecule has 1 aliphatic rings. The molecule has 1 amide bonds. The maximum atomic E-state index is 12.6. The number of benzene rings is 1. The first kappa shape index (κ1) is 17.1. The highest BCUT2D eigenvalue weighted by Crippen LogP contribution is 2.22. The third-order valence-corrected chi connectivity index (χ3v) is 7.40. The molecular weight excluding hydrogens is 344 g/mol. The number of nitrogens with zero attached hydrogens (tertiary/aromatic N) is 2. The van der Waals surface area contributed by atoms with Crippen LogP contribution in [0, 0.1) is 6.92 Å². The normalized spacial score (nSPS) is 16.8. The van der Waals surface area contributed by atoms with Gasteiger partial charge in [-0.05, 0) is 36.9 Å². The molecule has 24 heavy (non-hydrogen) atoms. The van der Waals surface area contributed by atoms with Crippen molar-refractivity contribution in [1.29, 1.82) is 0 Å². The Morgan fingerprint density at radius 2 is 1.79 bits per heavy atom. The molecule has 1 aromatic carbocycles. The van der Waals surface area contributed by atoms with Crippen LogP contribution in [0.2, 0.25) is 0 Å². The average Bonchev–Trinajstić information content (AvgIpc) is 3.00. The summed E-state index contributed by atoms with van der Waals surface area (Å²) in [5, 5.41) is 1.76. The Morgan fingerprint density at radius 3 is 2.46 bits per heavy atom. The number of amides is 1. The summed E-state index contributed by atoms with van der Waals surface area (Å²) in [5.74, 6) is -0.0367. The number of carbonyl (C=O) groups excluding carboxylic acids is 1. The lowest BCUT2D eigenvalue weighted by molar-refractivity contribution is 0.0764. The summed E-state index contributed by atoms with van der Waals surface area (Å²) in [7, 11) is -3.45. The number of aryl methyl sites for hydroxylation is 1. The number of carbonyl (C=O) groups is 1. The summed E-state index contributed by atoms with van der Waals surface area (Å²) >= 11 is 1.23. The molecule has 0 N–H and O–H groups in total. The molecular formula is C17H20N2O3S2. The first-order valence-electron chi connectivity index (χ1n) is 7.88. The van der Waals surface area contributed by atoms with Crippen molar-refractivity contribution in [3.8, 4) is 0 Å². The van der Waals surface area contributed by atoms with E-state index in [4.69, 9.17) is 0 Å². The highest BCUT2D eigenvalue weighted by atomic mass is 32.2. The molecule has 1 aromatic heterocycles. The first-order valence-corrected chi connectivity index (χ1v) is 10.2. The van der Waals surface area contributed by atoms with Gasteiger partial charge in [0.2, 0.25) is 0 Å². The summed E-state index contributed by atoms with van der Waals surface area (Å²) < 4.78 is 27.1. The van der Waals surface area contributed by atoms with Crippen molar-refractivity contribution in [3.63, 3.8) is 0 Å². The zero-order valence-electron chi connectivity index (χ0n) is 13.5.